The molecule has 3 rings (SSSR count). The number of nitrogens with zero attached hydrogens (tertiary/aromatic N) is 1. The molecule has 0 aromatic heterocycles. The van der Waals surface area contributed by atoms with Gasteiger partial charge >= 0.3 is 0 Å². The average molecular weight is 326 g/mol. The second-order valence-electron chi connectivity index (χ2n) is 5.86. The van der Waals surface area contributed by atoms with Gasteiger partial charge in [0.05, 0.1) is 12.5 Å². The molecular formula is C20H20ClNO. The number of hydrogen-bond donors (Lipinski definition) is 0. The van der Waals surface area contributed by atoms with Gasteiger partial charge in [-0.2, -0.15) is 0 Å². The summed E-state index contributed by atoms with van der Waals surface area (Å²) in [5, 5.41) is 0.645. The Morgan fingerprint density at radius 1 is 1.22 bits per heavy atom. The number of fused-ring (bicyclic) bond motifs is 1. The molecule has 118 valence electrons. The maximum atomic E-state index is 12.9. The van der Waals surface area contributed by atoms with Crippen molar-refractivity contribution in [3.63, 3.8) is 0 Å². The Labute approximate surface area is 142 Å². The molecule has 1 atom stereocenters. The standard InChI is InChI=1S/C20H20ClNO/c1-2-13-22(19-12-11-15-7-3-5-9-17(15)19)20(23)14-16-8-4-6-10-18(16)21/h2-10,19H,1,11-14H2. The van der Waals surface area contributed by atoms with Crippen LogP contribution in [0, 0.1) is 0 Å². The number of hydrogen-bond acceptors (Lipinski definition) is 1. The van der Waals surface area contributed by atoms with Crippen molar-refractivity contribution >= 4 is 17.5 Å². The molecule has 1 amide bonds. The molecule has 0 N–H and O–H groups in total. The molecule has 0 radical (unpaired) electrons. The first-order valence-corrected chi connectivity index (χ1v) is 8.30. The summed E-state index contributed by atoms with van der Waals surface area (Å²) in [5.41, 5.74) is 3.48. The van der Waals surface area contributed by atoms with Crippen molar-refractivity contribution in [2.45, 2.75) is 25.3 Å². The lowest BCUT2D eigenvalue weighted by Gasteiger charge is -2.29. The van der Waals surface area contributed by atoms with E-state index in [1.165, 1.54) is 11.1 Å². The third-order valence-electron chi connectivity index (χ3n) is 4.42. The molecule has 1 aliphatic rings. The second kappa shape index (κ2) is 7.01. The molecule has 0 saturated heterocycles. The minimum absolute atomic E-state index is 0.0969. The van der Waals surface area contributed by atoms with E-state index < -0.39 is 0 Å². The van der Waals surface area contributed by atoms with Crippen molar-refractivity contribution in [3.05, 3.63) is 82.9 Å². The molecule has 3 heteroatoms. The van der Waals surface area contributed by atoms with E-state index in [1.54, 1.807) is 6.08 Å². The zero-order valence-electron chi connectivity index (χ0n) is 13.0. The van der Waals surface area contributed by atoms with E-state index in [0.717, 1.165) is 18.4 Å². The highest BCUT2D eigenvalue weighted by atomic mass is 35.5. The van der Waals surface area contributed by atoms with Gasteiger partial charge in [-0.1, -0.05) is 60.1 Å². The zero-order chi connectivity index (χ0) is 16.2. The normalized spacial score (nSPS) is 16.0. The molecule has 0 fully saturated rings. The fraction of sp³-hybridized carbons (Fsp3) is 0.250. The number of carbonyl (C=O) groups excluding carboxylic acids is 1. The highest BCUT2D eigenvalue weighted by molar-refractivity contribution is 6.31. The van der Waals surface area contributed by atoms with E-state index >= 15 is 0 Å². The molecule has 1 aliphatic carbocycles. The summed E-state index contributed by atoms with van der Waals surface area (Å²) in [4.78, 5) is 14.8. The van der Waals surface area contributed by atoms with Gasteiger partial charge in [0.15, 0.2) is 0 Å². The van der Waals surface area contributed by atoms with Gasteiger partial charge in [-0.05, 0) is 35.6 Å². The van der Waals surface area contributed by atoms with E-state index in [2.05, 4.69) is 24.8 Å². The molecule has 0 aliphatic heterocycles. The number of carbonyl (C=O) groups is 1. The van der Waals surface area contributed by atoms with Gasteiger partial charge in [0, 0.05) is 11.6 Å². The number of amides is 1. The Balaban J connectivity index is 1.83. The van der Waals surface area contributed by atoms with Crippen molar-refractivity contribution in [3.8, 4) is 0 Å². The summed E-state index contributed by atoms with van der Waals surface area (Å²) in [7, 11) is 0. The average Bonchev–Trinajstić information content (AvgIpc) is 2.98. The number of benzene rings is 2. The van der Waals surface area contributed by atoms with Crippen LogP contribution in [-0.2, 0) is 17.6 Å². The van der Waals surface area contributed by atoms with Crippen LogP contribution in [0.15, 0.2) is 61.2 Å². The van der Waals surface area contributed by atoms with Gasteiger partial charge in [0.2, 0.25) is 5.91 Å². The Morgan fingerprint density at radius 2 is 1.96 bits per heavy atom. The van der Waals surface area contributed by atoms with Crippen LogP contribution in [0.1, 0.15) is 29.2 Å². The quantitative estimate of drug-likeness (QED) is 0.737. The lowest BCUT2D eigenvalue weighted by atomic mass is 10.1. The van der Waals surface area contributed by atoms with Crippen LogP contribution in [0.25, 0.3) is 0 Å². The van der Waals surface area contributed by atoms with Crippen molar-refractivity contribution in [2.24, 2.45) is 0 Å². The van der Waals surface area contributed by atoms with Crippen molar-refractivity contribution in [1.29, 1.82) is 0 Å². The van der Waals surface area contributed by atoms with Crippen LogP contribution in [0.2, 0.25) is 5.02 Å². The second-order valence-corrected chi connectivity index (χ2v) is 6.26. The summed E-state index contributed by atoms with van der Waals surface area (Å²) >= 11 is 6.20. The van der Waals surface area contributed by atoms with Crippen molar-refractivity contribution in [1.82, 2.24) is 4.90 Å². The largest absolute Gasteiger partial charge is 0.332 e. The molecule has 23 heavy (non-hydrogen) atoms. The van der Waals surface area contributed by atoms with Crippen LogP contribution in [-0.4, -0.2) is 17.4 Å². The minimum Gasteiger partial charge on any atom is -0.332 e. The minimum atomic E-state index is 0.0969. The molecule has 0 heterocycles. The summed E-state index contributed by atoms with van der Waals surface area (Å²) in [6.07, 6.45) is 4.12. The third kappa shape index (κ3) is 3.32. The summed E-state index contributed by atoms with van der Waals surface area (Å²) in [5.74, 6) is 0.0969. The number of aryl methyl sites for hydroxylation is 1. The zero-order valence-corrected chi connectivity index (χ0v) is 13.8. The summed E-state index contributed by atoms with van der Waals surface area (Å²) in [6.45, 7) is 4.37. The Bertz CT molecular complexity index is 725. The molecule has 2 aromatic carbocycles. The lowest BCUT2D eigenvalue weighted by molar-refractivity contribution is -0.132. The molecular weight excluding hydrogens is 306 g/mol. The summed E-state index contributed by atoms with van der Waals surface area (Å²) < 4.78 is 0. The van der Waals surface area contributed by atoms with E-state index in [9.17, 15) is 4.79 Å². The van der Waals surface area contributed by atoms with Crippen LogP contribution < -0.4 is 0 Å². The van der Waals surface area contributed by atoms with Crippen LogP contribution in [0.3, 0.4) is 0 Å². The first kappa shape index (κ1) is 15.8. The Morgan fingerprint density at radius 3 is 2.74 bits per heavy atom. The fourth-order valence-corrected chi connectivity index (χ4v) is 3.51. The van der Waals surface area contributed by atoms with E-state index in [0.29, 0.717) is 18.0 Å². The maximum Gasteiger partial charge on any atom is 0.227 e. The summed E-state index contributed by atoms with van der Waals surface area (Å²) in [6, 6.07) is 16.1. The molecule has 0 saturated carbocycles. The Kier molecular flexibility index (Phi) is 4.82. The Hall–Kier alpha value is -2.06. The van der Waals surface area contributed by atoms with Gasteiger partial charge in [-0.25, -0.2) is 0 Å². The van der Waals surface area contributed by atoms with Crippen LogP contribution >= 0.6 is 11.6 Å². The molecule has 0 bridgehead atoms. The van der Waals surface area contributed by atoms with E-state index in [4.69, 9.17) is 11.6 Å². The van der Waals surface area contributed by atoms with Crippen molar-refractivity contribution in [2.75, 3.05) is 6.54 Å². The predicted molar refractivity (Wildman–Crippen MR) is 94.6 cm³/mol. The molecule has 1 unspecified atom stereocenters. The third-order valence-corrected chi connectivity index (χ3v) is 4.79. The van der Waals surface area contributed by atoms with Gasteiger partial charge in [-0.3, -0.25) is 4.79 Å². The van der Waals surface area contributed by atoms with Gasteiger partial charge in [0.25, 0.3) is 0 Å². The van der Waals surface area contributed by atoms with Crippen molar-refractivity contribution < 1.29 is 4.79 Å². The molecule has 2 nitrogen and oxygen atoms in total. The van der Waals surface area contributed by atoms with E-state index in [1.807, 2.05) is 35.2 Å². The first-order valence-electron chi connectivity index (χ1n) is 7.92. The lowest BCUT2D eigenvalue weighted by Crippen LogP contribution is -2.35. The van der Waals surface area contributed by atoms with Crippen LogP contribution in [0.5, 0.6) is 0 Å². The predicted octanol–water partition coefficient (Wildman–Crippen LogP) is 4.58. The topological polar surface area (TPSA) is 20.3 Å². The van der Waals surface area contributed by atoms with Gasteiger partial charge in [0.1, 0.15) is 0 Å². The highest BCUT2D eigenvalue weighted by Gasteiger charge is 2.30. The highest BCUT2D eigenvalue weighted by Crippen LogP contribution is 2.36. The smallest absolute Gasteiger partial charge is 0.227 e. The monoisotopic (exact) mass is 325 g/mol. The first-order chi connectivity index (χ1) is 11.2. The molecule has 2 aromatic rings. The number of halogens is 1. The van der Waals surface area contributed by atoms with E-state index in [-0.39, 0.29) is 11.9 Å². The maximum absolute atomic E-state index is 12.9. The molecule has 0 spiro atoms. The number of rotatable bonds is 5. The SMILES string of the molecule is C=CCN(C(=O)Cc1ccccc1Cl)C1CCc2ccccc21. The van der Waals surface area contributed by atoms with Gasteiger partial charge < -0.3 is 4.90 Å². The van der Waals surface area contributed by atoms with Crippen LogP contribution in [0.4, 0.5) is 0 Å². The fourth-order valence-electron chi connectivity index (χ4n) is 3.31. The van der Waals surface area contributed by atoms with Gasteiger partial charge in [-0.15, -0.1) is 6.58 Å².